The fourth-order valence-corrected chi connectivity index (χ4v) is 1.99. The summed E-state index contributed by atoms with van der Waals surface area (Å²) in [5.74, 6) is 0.0953. The molecule has 0 spiro atoms. The van der Waals surface area contributed by atoms with Gasteiger partial charge in [0.05, 0.1) is 5.02 Å². The molecule has 2 N–H and O–H groups in total. The normalized spacial score (nSPS) is 10.4. The molecule has 0 aliphatic rings. The molecule has 0 aromatic heterocycles. The molecule has 2 aromatic rings. The van der Waals surface area contributed by atoms with Gasteiger partial charge in [-0.05, 0) is 30.1 Å². The fourth-order valence-electron chi connectivity index (χ4n) is 1.81. The molecule has 0 heterocycles. The van der Waals surface area contributed by atoms with E-state index in [1.54, 1.807) is 37.3 Å². The minimum atomic E-state index is -1.51. The predicted molar refractivity (Wildman–Crippen MR) is 76.7 cm³/mol. The highest BCUT2D eigenvalue weighted by atomic mass is 35.5. The first-order chi connectivity index (χ1) is 9.49. The molecule has 0 atom stereocenters. The molecule has 0 aliphatic carbocycles. The molecule has 104 valence electrons. The maximum atomic E-state index is 13.3. The molecule has 2 rings (SSSR count). The lowest BCUT2D eigenvalue weighted by Gasteiger charge is -2.11. The highest BCUT2D eigenvalue weighted by molar-refractivity contribution is 6.58. The maximum Gasteiger partial charge on any atom is 0.488 e. The van der Waals surface area contributed by atoms with E-state index in [4.69, 9.17) is 26.4 Å². The van der Waals surface area contributed by atoms with E-state index in [9.17, 15) is 4.39 Å². The third kappa shape index (κ3) is 3.31. The zero-order chi connectivity index (χ0) is 14.7. The van der Waals surface area contributed by atoms with Crippen molar-refractivity contribution in [2.75, 3.05) is 0 Å². The van der Waals surface area contributed by atoms with Crippen LogP contribution in [0.15, 0.2) is 36.4 Å². The topological polar surface area (TPSA) is 49.7 Å². The van der Waals surface area contributed by atoms with Crippen LogP contribution in [0, 0.1) is 12.7 Å². The molecular formula is C14H13BClFO3. The first-order valence-electron chi connectivity index (χ1n) is 6.01. The Bertz CT molecular complexity index is 619. The largest absolute Gasteiger partial charge is 0.489 e. The Kier molecular flexibility index (Phi) is 4.65. The molecule has 2 aromatic carbocycles. The highest BCUT2D eigenvalue weighted by Crippen LogP contribution is 2.23. The van der Waals surface area contributed by atoms with E-state index < -0.39 is 12.9 Å². The average molecular weight is 295 g/mol. The molecular weight excluding hydrogens is 281 g/mol. The van der Waals surface area contributed by atoms with Gasteiger partial charge < -0.3 is 14.8 Å². The molecule has 0 amide bonds. The Morgan fingerprint density at radius 3 is 2.65 bits per heavy atom. The SMILES string of the molecule is Cc1cc(B(O)O)ccc1OCc1cccc(F)c1Cl. The summed E-state index contributed by atoms with van der Waals surface area (Å²) in [4.78, 5) is 0. The second kappa shape index (κ2) is 6.26. The third-order valence-corrected chi connectivity index (χ3v) is 3.34. The van der Waals surface area contributed by atoms with Gasteiger partial charge in [-0.2, -0.15) is 0 Å². The minimum absolute atomic E-state index is 0.0487. The van der Waals surface area contributed by atoms with Gasteiger partial charge in [0, 0.05) is 5.56 Å². The van der Waals surface area contributed by atoms with Crippen molar-refractivity contribution in [2.45, 2.75) is 13.5 Å². The number of benzene rings is 2. The minimum Gasteiger partial charge on any atom is -0.489 e. The van der Waals surface area contributed by atoms with Gasteiger partial charge in [-0.3, -0.25) is 0 Å². The van der Waals surface area contributed by atoms with Gasteiger partial charge in [-0.15, -0.1) is 0 Å². The lowest BCUT2D eigenvalue weighted by atomic mass is 9.79. The van der Waals surface area contributed by atoms with E-state index in [1.165, 1.54) is 6.07 Å². The number of hydrogen-bond donors (Lipinski definition) is 2. The van der Waals surface area contributed by atoms with Crippen molar-refractivity contribution in [3.05, 3.63) is 58.4 Å². The summed E-state index contributed by atoms with van der Waals surface area (Å²) in [7, 11) is -1.51. The summed E-state index contributed by atoms with van der Waals surface area (Å²) in [6, 6.07) is 9.35. The number of rotatable bonds is 4. The number of aryl methyl sites for hydroxylation is 1. The average Bonchev–Trinajstić information content (AvgIpc) is 2.41. The van der Waals surface area contributed by atoms with Crippen LogP contribution >= 0.6 is 11.6 Å². The monoisotopic (exact) mass is 294 g/mol. The van der Waals surface area contributed by atoms with Gasteiger partial charge in [0.15, 0.2) is 0 Å². The van der Waals surface area contributed by atoms with Gasteiger partial charge in [-0.25, -0.2) is 4.39 Å². The van der Waals surface area contributed by atoms with Crippen molar-refractivity contribution in [1.82, 2.24) is 0 Å². The Balaban J connectivity index is 2.13. The number of halogens is 2. The summed E-state index contributed by atoms with van der Waals surface area (Å²) < 4.78 is 18.9. The van der Waals surface area contributed by atoms with Crippen LogP contribution in [0.3, 0.4) is 0 Å². The zero-order valence-corrected chi connectivity index (χ0v) is 11.6. The third-order valence-electron chi connectivity index (χ3n) is 2.91. The van der Waals surface area contributed by atoms with E-state index in [-0.39, 0.29) is 11.6 Å². The quantitative estimate of drug-likeness (QED) is 0.849. The van der Waals surface area contributed by atoms with Crippen molar-refractivity contribution in [1.29, 1.82) is 0 Å². The van der Waals surface area contributed by atoms with Crippen LogP contribution < -0.4 is 10.2 Å². The summed E-state index contributed by atoms with van der Waals surface area (Å²) in [5, 5.41) is 18.2. The van der Waals surface area contributed by atoms with E-state index in [1.807, 2.05) is 0 Å². The molecule has 0 bridgehead atoms. The molecule has 6 heteroatoms. The summed E-state index contributed by atoms with van der Waals surface area (Å²) >= 11 is 5.84. The van der Waals surface area contributed by atoms with Crippen LogP contribution in [0.5, 0.6) is 5.75 Å². The number of ether oxygens (including phenoxy) is 1. The first-order valence-corrected chi connectivity index (χ1v) is 6.39. The van der Waals surface area contributed by atoms with E-state index in [0.29, 0.717) is 16.8 Å². The molecule has 0 fully saturated rings. The Morgan fingerprint density at radius 2 is 2.00 bits per heavy atom. The predicted octanol–water partition coefficient (Wildman–Crippen LogP) is 2.05. The van der Waals surface area contributed by atoms with Crippen LogP contribution in [0.1, 0.15) is 11.1 Å². The number of hydrogen-bond acceptors (Lipinski definition) is 3. The molecule has 0 saturated carbocycles. The van der Waals surface area contributed by atoms with Crippen molar-refractivity contribution < 1.29 is 19.2 Å². The fraction of sp³-hybridized carbons (Fsp3) is 0.143. The molecule has 0 aliphatic heterocycles. The second-order valence-electron chi connectivity index (χ2n) is 4.40. The smallest absolute Gasteiger partial charge is 0.488 e. The van der Waals surface area contributed by atoms with Crippen molar-refractivity contribution >= 4 is 24.2 Å². The standard InChI is InChI=1S/C14H13BClFO3/c1-9-7-11(15(18)19)5-6-13(9)20-8-10-3-2-4-12(17)14(10)16/h2-7,18-19H,8H2,1H3. The maximum absolute atomic E-state index is 13.3. The molecule has 0 unspecified atom stereocenters. The van der Waals surface area contributed by atoms with E-state index in [2.05, 4.69) is 0 Å². The van der Waals surface area contributed by atoms with Gasteiger partial charge in [0.25, 0.3) is 0 Å². The van der Waals surface area contributed by atoms with Crippen molar-refractivity contribution in [3.8, 4) is 5.75 Å². The Morgan fingerprint density at radius 1 is 1.25 bits per heavy atom. The summed E-state index contributed by atoms with van der Waals surface area (Å²) in [5.41, 5.74) is 1.69. The zero-order valence-electron chi connectivity index (χ0n) is 10.8. The van der Waals surface area contributed by atoms with Gasteiger partial charge in [0.1, 0.15) is 18.2 Å². The van der Waals surface area contributed by atoms with Crippen molar-refractivity contribution in [2.24, 2.45) is 0 Å². The summed E-state index contributed by atoms with van der Waals surface area (Å²) in [6.45, 7) is 1.92. The Labute approximate surface area is 121 Å². The lowest BCUT2D eigenvalue weighted by molar-refractivity contribution is 0.303. The van der Waals surface area contributed by atoms with Crippen LogP contribution in [0.2, 0.25) is 5.02 Å². The molecule has 3 nitrogen and oxygen atoms in total. The molecule has 20 heavy (non-hydrogen) atoms. The van der Waals surface area contributed by atoms with E-state index in [0.717, 1.165) is 5.56 Å². The van der Waals surface area contributed by atoms with Crippen LogP contribution in [-0.2, 0) is 6.61 Å². The first kappa shape index (κ1) is 14.8. The lowest BCUT2D eigenvalue weighted by Crippen LogP contribution is -2.29. The van der Waals surface area contributed by atoms with Crippen LogP contribution in [0.4, 0.5) is 4.39 Å². The van der Waals surface area contributed by atoms with E-state index >= 15 is 0 Å². The highest BCUT2D eigenvalue weighted by Gasteiger charge is 2.13. The van der Waals surface area contributed by atoms with Gasteiger partial charge >= 0.3 is 7.12 Å². The molecule has 0 radical (unpaired) electrons. The van der Waals surface area contributed by atoms with Crippen LogP contribution in [0.25, 0.3) is 0 Å². The summed E-state index contributed by atoms with van der Waals surface area (Å²) in [6.07, 6.45) is 0. The van der Waals surface area contributed by atoms with Crippen LogP contribution in [-0.4, -0.2) is 17.2 Å². The Hall–Kier alpha value is -1.56. The second-order valence-corrected chi connectivity index (χ2v) is 4.78. The van der Waals surface area contributed by atoms with Gasteiger partial charge in [0.2, 0.25) is 0 Å². The van der Waals surface area contributed by atoms with Gasteiger partial charge in [-0.1, -0.05) is 35.9 Å². The van der Waals surface area contributed by atoms with Crippen molar-refractivity contribution in [3.63, 3.8) is 0 Å². The molecule has 0 saturated heterocycles.